The fraction of sp³-hybridized carbons (Fsp3) is 0.188. The summed E-state index contributed by atoms with van der Waals surface area (Å²) in [6, 6.07) is 5.01. The van der Waals surface area contributed by atoms with Crippen LogP contribution in [0.5, 0.6) is 0 Å². The number of hydrogen-bond acceptors (Lipinski definition) is 6. The molecule has 0 radical (unpaired) electrons. The van der Waals surface area contributed by atoms with Crippen molar-refractivity contribution in [1.29, 1.82) is 0 Å². The van der Waals surface area contributed by atoms with E-state index in [0.717, 1.165) is 0 Å². The molecule has 0 bridgehead atoms. The van der Waals surface area contributed by atoms with Crippen molar-refractivity contribution in [1.82, 2.24) is 14.6 Å². The van der Waals surface area contributed by atoms with Gasteiger partial charge in [0.2, 0.25) is 0 Å². The van der Waals surface area contributed by atoms with Crippen molar-refractivity contribution in [3.05, 3.63) is 45.6 Å². The number of nitrogen functional groups attached to an aromatic ring is 1. The molecule has 0 unspecified atom stereocenters. The van der Waals surface area contributed by atoms with Crippen LogP contribution in [-0.4, -0.2) is 27.2 Å². The van der Waals surface area contributed by atoms with Crippen LogP contribution in [0.25, 0.3) is 16.9 Å². The Morgan fingerprint density at radius 2 is 2.12 bits per heavy atom. The Morgan fingerprint density at radius 1 is 1.36 bits per heavy atom. The van der Waals surface area contributed by atoms with Gasteiger partial charge in [0.25, 0.3) is 0 Å². The maximum absolute atomic E-state index is 12.1. The molecule has 0 saturated carbocycles. The minimum Gasteiger partial charge on any atom is -0.462 e. The number of carbonyl (C=O) groups is 1. The second-order valence-corrected chi connectivity index (χ2v) is 6.01. The summed E-state index contributed by atoms with van der Waals surface area (Å²) in [6.45, 7) is 2.08. The lowest BCUT2D eigenvalue weighted by Crippen LogP contribution is -2.12. The van der Waals surface area contributed by atoms with E-state index in [2.05, 4.69) is 10.1 Å². The van der Waals surface area contributed by atoms with Gasteiger partial charge in [-0.25, -0.2) is 9.78 Å². The highest BCUT2D eigenvalue weighted by Gasteiger charge is 2.22. The normalized spacial score (nSPS) is 11.0. The molecule has 0 spiro atoms. The minimum absolute atomic E-state index is 0.123. The first-order valence-electron chi connectivity index (χ1n) is 7.46. The maximum atomic E-state index is 12.1. The molecule has 4 N–H and O–H groups in total. The van der Waals surface area contributed by atoms with Crippen LogP contribution >= 0.6 is 23.2 Å². The van der Waals surface area contributed by atoms with Gasteiger partial charge in [-0.2, -0.15) is 9.61 Å². The number of anilines is 1. The maximum Gasteiger partial charge on any atom is 0.343 e. The van der Waals surface area contributed by atoms with Crippen LogP contribution in [0.4, 0.5) is 5.82 Å². The third-order valence-electron chi connectivity index (χ3n) is 3.67. The number of fused-ring (bicyclic) bond motifs is 1. The van der Waals surface area contributed by atoms with Crippen LogP contribution in [0.2, 0.25) is 10.0 Å². The second-order valence-electron chi connectivity index (χ2n) is 5.17. The molecule has 0 aliphatic carbocycles. The van der Waals surface area contributed by atoms with Crippen LogP contribution in [0.15, 0.2) is 24.4 Å². The van der Waals surface area contributed by atoms with E-state index < -0.39 is 5.97 Å². The highest BCUT2D eigenvalue weighted by Crippen LogP contribution is 2.34. The Hall–Kier alpha value is -2.35. The van der Waals surface area contributed by atoms with Crippen molar-refractivity contribution in [3.63, 3.8) is 0 Å². The van der Waals surface area contributed by atoms with Crippen molar-refractivity contribution >= 4 is 40.6 Å². The summed E-state index contributed by atoms with van der Waals surface area (Å²) in [5.41, 5.74) is 14.2. The molecule has 0 aliphatic rings. The van der Waals surface area contributed by atoms with Gasteiger partial charge in [0.05, 0.1) is 23.5 Å². The smallest absolute Gasteiger partial charge is 0.343 e. The largest absolute Gasteiger partial charge is 0.462 e. The molecule has 3 aromatic rings. The predicted octanol–water partition coefficient (Wildman–Crippen LogP) is 2.92. The van der Waals surface area contributed by atoms with Gasteiger partial charge in [-0.3, -0.25) is 0 Å². The molecular formula is C16H15Cl2N5O2. The zero-order chi connectivity index (χ0) is 18.1. The average molecular weight is 380 g/mol. The van der Waals surface area contributed by atoms with Gasteiger partial charge in [-0.1, -0.05) is 23.2 Å². The van der Waals surface area contributed by atoms with E-state index in [1.807, 2.05) is 0 Å². The summed E-state index contributed by atoms with van der Waals surface area (Å²) < 4.78 is 6.40. The molecule has 2 heterocycles. The summed E-state index contributed by atoms with van der Waals surface area (Å²) in [7, 11) is 0. The number of hydrogen-bond donors (Lipinski definition) is 2. The summed E-state index contributed by atoms with van der Waals surface area (Å²) in [5.74, 6) is -0.248. The molecule has 25 heavy (non-hydrogen) atoms. The van der Waals surface area contributed by atoms with E-state index in [1.165, 1.54) is 10.7 Å². The fourth-order valence-corrected chi connectivity index (χ4v) is 3.00. The number of rotatable bonds is 4. The van der Waals surface area contributed by atoms with E-state index in [4.69, 9.17) is 39.4 Å². The summed E-state index contributed by atoms with van der Waals surface area (Å²) >= 11 is 12.3. The first kappa shape index (κ1) is 17.5. The topological polar surface area (TPSA) is 109 Å². The number of carbonyl (C=O) groups excluding carboxylic acids is 1. The van der Waals surface area contributed by atoms with E-state index >= 15 is 0 Å². The van der Waals surface area contributed by atoms with Crippen LogP contribution in [0, 0.1) is 0 Å². The molecule has 9 heteroatoms. The molecular weight excluding hydrogens is 365 g/mol. The average Bonchev–Trinajstić information content (AvgIpc) is 2.99. The van der Waals surface area contributed by atoms with Gasteiger partial charge < -0.3 is 16.2 Å². The van der Waals surface area contributed by atoms with Crippen molar-refractivity contribution in [3.8, 4) is 11.3 Å². The number of esters is 1. The molecule has 1 aromatic carbocycles. The van der Waals surface area contributed by atoms with Crippen molar-refractivity contribution < 1.29 is 9.53 Å². The van der Waals surface area contributed by atoms with Crippen LogP contribution < -0.4 is 11.5 Å². The second kappa shape index (κ2) is 6.87. The molecule has 0 fully saturated rings. The number of halogens is 2. The third-order valence-corrected chi connectivity index (χ3v) is 4.22. The van der Waals surface area contributed by atoms with E-state index in [-0.39, 0.29) is 30.2 Å². The zero-order valence-electron chi connectivity index (χ0n) is 13.3. The molecule has 2 aromatic heterocycles. The van der Waals surface area contributed by atoms with Gasteiger partial charge in [-0.05, 0) is 25.1 Å². The van der Waals surface area contributed by atoms with Gasteiger partial charge >= 0.3 is 5.97 Å². The molecule has 0 saturated heterocycles. The van der Waals surface area contributed by atoms with Gasteiger partial charge in [0, 0.05) is 22.7 Å². The lowest BCUT2D eigenvalue weighted by molar-refractivity contribution is 0.0528. The van der Waals surface area contributed by atoms with Gasteiger partial charge in [0.1, 0.15) is 11.4 Å². The van der Waals surface area contributed by atoms with Gasteiger partial charge in [0.15, 0.2) is 5.65 Å². The van der Waals surface area contributed by atoms with Crippen LogP contribution in [0.3, 0.4) is 0 Å². The predicted molar refractivity (Wildman–Crippen MR) is 96.7 cm³/mol. The van der Waals surface area contributed by atoms with Gasteiger partial charge in [-0.15, -0.1) is 0 Å². The molecule has 130 valence electrons. The van der Waals surface area contributed by atoms with Crippen molar-refractivity contribution in [2.45, 2.75) is 13.5 Å². The highest BCUT2D eigenvalue weighted by atomic mass is 35.5. The third kappa shape index (κ3) is 3.02. The van der Waals surface area contributed by atoms with Crippen LogP contribution in [0.1, 0.15) is 22.8 Å². The number of nitrogens with zero attached hydrogens (tertiary/aromatic N) is 3. The molecule has 0 aliphatic heterocycles. The SMILES string of the molecule is CCOC(=O)c1cnn2c(N)c(CN)c(-c3ccc(Cl)cc3Cl)nc12. The minimum atomic E-state index is -0.530. The van der Waals surface area contributed by atoms with E-state index in [9.17, 15) is 4.79 Å². The molecule has 0 amide bonds. The Balaban J connectivity index is 2.30. The Kier molecular flexibility index (Phi) is 4.80. The summed E-state index contributed by atoms with van der Waals surface area (Å²) in [4.78, 5) is 16.7. The number of aromatic nitrogens is 3. The first-order valence-corrected chi connectivity index (χ1v) is 8.22. The number of nitrogens with two attached hydrogens (primary N) is 2. The van der Waals surface area contributed by atoms with E-state index in [0.29, 0.717) is 26.9 Å². The summed E-state index contributed by atoms with van der Waals surface area (Å²) in [5, 5.41) is 5.01. The highest BCUT2D eigenvalue weighted by molar-refractivity contribution is 6.36. The first-order chi connectivity index (χ1) is 12.0. The molecule has 3 rings (SSSR count). The van der Waals surface area contributed by atoms with Crippen LogP contribution in [-0.2, 0) is 11.3 Å². The quantitative estimate of drug-likeness (QED) is 0.674. The Morgan fingerprint density at radius 3 is 2.76 bits per heavy atom. The standard InChI is InChI=1S/C16H15Cl2N5O2/c1-2-25-16(24)11-7-21-23-14(20)10(6-19)13(22-15(11)23)9-4-3-8(17)5-12(9)18/h3-5,7H,2,6,19-20H2,1H3. The Labute approximate surface area is 153 Å². The van der Waals surface area contributed by atoms with Crippen molar-refractivity contribution in [2.75, 3.05) is 12.3 Å². The fourth-order valence-electron chi connectivity index (χ4n) is 2.51. The van der Waals surface area contributed by atoms with Crippen molar-refractivity contribution in [2.24, 2.45) is 5.73 Å². The van der Waals surface area contributed by atoms with E-state index in [1.54, 1.807) is 25.1 Å². The monoisotopic (exact) mass is 379 g/mol. The Bertz CT molecular complexity index is 971. The number of ether oxygens (including phenoxy) is 1. The zero-order valence-corrected chi connectivity index (χ0v) is 14.8. The lowest BCUT2D eigenvalue weighted by atomic mass is 10.1. The molecule has 0 atom stereocenters. The molecule has 7 nitrogen and oxygen atoms in total. The number of benzene rings is 1. The lowest BCUT2D eigenvalue weighted by Gasteiger charge is -2.13. The summed E-state index contributed by atoms with van der Waals surface area (Å²) in [6.07, 6.45) is 1.37.